The molecule has 7 heteroatoms. The first-order valence-corrected chi connectivity index (χ1v) is 7.64. The molecular formula is C17H19N5O2. The van der Waals surface area contributed by atoms with Crippen molar-refractivity contribution in [3.8, 4) is 0 Å². The molecule has 0 unspecified atom stereocenters. The number of aromatic nitrogens is 4. The minimum Gasteiger partial charge on any atom is -0.383 e. The molecule has 3 heterocycles. The van der Waals surface area contributed by atoms with Gasteiger partial charge in [-0.05, 0) is 18.2 Å². The molecule has 0 aliphatic heterocycles. The summed E-state index contributed by atoms with van der Waals surface area (Å²) >= 11 is 0. The first-order chi connectivity index (χ1) is 11.7. The Labute approximate surface area is 139 Å². The number of methoxy groups -OCH3 is 1. The van der Waals surface area contributed by atoms with E-state index in [9.17, 15) is 4.79 Å². The van der Waals surface area contributed by atoms with Gasteiger partial charge in [0.2, 0.25) is 0 Å². The van der Waals surface area contributed by atoms with Crippen LogP contribution < -0.4 is 0 Å². The lowest BCUT2D eigenvalue weighted by Crippen LogP contribution is -2.33. The number of hydrogen-bond donors (Lipinski definition) is 0. The van der Waals surface area contributed by atoms with Crippen LogP contribution in [-0.2, 0) is 18.3 Å². The Morgan fingerprint density at radius 3 is 2.92 bits per heavy atom. The number of hydrogen-bond acceptors (Lipinski definition) is 5. The lowest BCUT2D eigenvalue weighted by atomic mass is 10.2. The summed E-state index contributed by atoms with van der Waals surface area (Å²) in [6.07, 6.45) is 4.99. The van der Waals surface area contributed by atoms with Crippen LogP contribution in [0.3, 0.4) is 0 Å². The number of aryl methyl sites for hydroxylation is 1. The average Bonchev–Trinajstić information content (AvgIpc) is 2.99. The Kier molecular flexibility index (Phi) is 4.81. The molecule has 0 saturated heterocycles. The fourth-order valence-electron chi connectivity index (χ4n) is 2.46. The maximum absolute atomic E-state index is 12.9. The summed E-state index contributed by atoms with van der Waals surface area (Å²) in [5, 5.41) is 0. The van der Waals surface area contributed by atoms with Crippen LogP contribution in [0.2, 0.25) is 0 Å². The molecule has 3 aromatic rings. The van der Waals surface area contributed by atoms with Gasteiger partial charge in [-0.3, -0.25) is 9.78 Å². The Morgan fingerprint density at radius 2 is 2.17 bits per heavy atom. The number of amides is 1. The number of rotatable bonds is 6. The van der Waals surface area contributed by atoms with Crippen LogP contribution in [0.4, 0.5) is 0 Å². The van der Waals surface area contributed by atoms with Crippen LogP contribution in [0.5, 0.6) is 0 Å². The largest absolute Gasteiger partial charge is 0.383 e. The lowest BCUT2D eigenvalue weighted by Gasteiger charge is -2.22. The van der Waals surface area contributed by atoms with Gasteiger partial charge in [0.25, 0.3) is 5.91 Å². The molecule has 0 fully saturated rings. The minimum absolute atomic E-state index is 0.113. The third-order valence-corrected chi connectivity index (χ3v) is 3.73. The molecular weight excluding hydrogens is 306 g/mol. The van der Waals surface area contributed by atoms with Gasteiger partial charge in [0.1, 0.15) is 5.52 Å². The highest BCUT2D eigenvalue weighted by molar-refractivity contribution is 5.96. The first kappa shape index (κ1) is 16.1. The molecule has 1 amide bonds. The van der Waals surface area contributed by atoms with Crippen LogP contribution in [0.1, 0.15) is 16.1 Å². The summed E-state index contributed by atoms with van der Waals surface area (Å²) in [5.74, 6) is -0.113. The number of nitrogens with zero attached hydrogens (tertiary/aromatic N) is 5. The fraction of sp³-hybridized carbons (Fsp3) is 0.294. The maximum atomic E-state index is 12.9. The van der Waals surface area contributed by atoms with Crippen molar-refractivity contribution in [2.45, 2.75) is 6.54 Å². The van der Waals surface area contributed by atoms with Crippen molar-refractivity contribution in [1.82, 2.24) is 24.4 Å². The Bertz CT molecular complexity index is 831. The highest BCUT2D eigenvalue weighted by atomic mass is 16.5. The standard InChI is InChI=1S/C17H19N5O2/c1-21-12-20-15-9-13(10-19-16(15)21)17(23)22(7-8-24-2)11-14-5-3-4-6-18-14/h3-6,9-10,12H,7-8,11H2,1-2H3. The predicted octanol–water partition coefficient (Wildman–Crippen LogP) is 1.65. The molecule has 0 spiro atoms. The van der Waals surface area contributed by atoms with Crippen LogP contribution in [0.15, 0.2) is 43.0 Å². The average molecular weight is 325 g/mol. The quantitative estimate of drug-likeness (QED) is 0.689. The number of carbonyl (C=O) groups excluding carboxylic acids is 1. The predicted molar refractivity (Wildman–Crippen MR) is 89.4 cm³/mol. The summed E-state index contributed by atoms with van der Waals surface area (Å²) in [7, 11) is 3.49. The van der Waals surface area contributed by atoms with Crippen LogP contribution in [-0.4, -0.2) is 50.6 Å². The van der Waals surface area contributed by atoms with Gasteiger partial charge in [-0.2, -0.15) is 0 Å². The third-order valence-electron chi connectivity index (χ3n) is 3.73. The number of imidazole rings is 1. The molecule has 0 aliphatic rings. The Balaban J connectivity index is 1.85. The highest BCUT2D eigenvalue weighted by Gasteiger charge is 2.18. The molecule has 3 aromatic heterocycles. The van der Waals surface area contributed by atoms with Gasteiger partial charge in [-0.15, -0.1) is 0 Å². The molecule has 0 aromatic carbocycles. The number of pyridine rings is 2. The topological polar surface area (TPSA) is 73.1 Å². The number of fused-ring (bicyclic) bond motifs is 1. The maximum Gasteiger partial charge on any atom is 0.255 e. The number of carbonyl (C=O) groups is 1. The summed E-state index contributed by atoms with van der Waals surface area (Å²) in [6.45, 7) is 1.35. The van der Waals surface area contributed by atoms with Crippen molar-refractivity contribution in [3.63, 3.8) is 0 Å². The van der Waals surface area contributed by atoms with E-state index in [-0.39, 0.29) is 5.91 Å². The van der Waals surface area contributed by atoms with E-state index >= 15 is 0 Å². The monoisotopic (exact) mass is 325 g/mol. The molecule has 0 bridgehead atoms. The van der Waals surface area contributed by atoms with E-state index in [0.717, 1.165) is 11.3 Å². The Hall–Kier alpha value is -2.80. The lowest BCUT2D eigenvalue weighted by molar-refractivity contribution is 0.0677. The second kappa shape index (κ2) is 7.18. The SMILES string of the molecule is COCCN(Cc1ccccn1)C(=O)c1cnc2c(c1)ncn2C. The van der Waals surface area contributed by atoms with E-state index in [4.69, 9.17) is 4.74 Å². The van der Waals surface area contributed by atoms with Gasteiger partial charge in [0.15, 0.2) is 5.65 Å². The van der Waals surface area contributed by atoms with Crippen molar-refractivity contribution in [3.05, 3.63) is 54.2 Å². The fourth-order valence-corrected chi connectivity index (χ4v) is 2.46. The van der Waals surface area contributed by atoms with Crippen LogP contribution >= 0.6 is 0 Å². The summed E-state index contributed by atoms with van der Waals surface area (Å²) in [6, 6.07) is 7.42. The normalized spacial score (nSPS) is 10.9. The summed E-state index contributed by atoms with van der Waals surface area (Å²) < 4.78 is 6.94. The molecule has 0 aliphatic carbocycles. The minimum atomic E-state index is -0.113. The summed E-state index contributed by atoms with van der Waals surface area (Å²) in [4.78, 5) is 27.5. The summed E-state index contributed by atoms with van der Waals surface area (Å²) in [5.41, 5.74) is 2.79. The van der Waals surface area contributed by atoms with Crippen molar-refractivity contribution in [2.24, 2.45) is 7.05 Å². The third kappa shape index (κ3) is 3.41. The molecule has 0 N–H and O–H groups in total. The van der Waals surface area contributed by atoms with E-state index in [2.05, 4.69) is 15.0 Å². The molecule has 124 valence electrons. The van der Waals surface area contributed by atoms with Crippen LogP contribution in [0.25, 0.3) is 11.2 Å². The zero-order valence-corrected chi connectivity index (χ0v) is 13.7. The van der Waals surface area contributed by atoms with Crippen molar-refractivity contribution in [1.29, 1.82) is 0 Å². The smallest absolute Gasteiger partial charge is 0.255 e. The zero-order valence-electron chi connectivity index (χ0n) is 13.7. The van der Waals surface area contributed by atoms with Gasteiger partial charge >= 0.3 is 0 Å². The van der Waals surface area contributed by atoms with Crippen molar-refractivity contribution < 1.29 is 9.53 Å². The molecule has 7 nitrogen and oxygen atoms in total. The first-order valence-electron chi connectivity index (χ1n) is 7.64. The van der Waals surface area contributed by atoms with Gasteiger partial charge in [-0.25, -0.2) is 9.97 Å². The van der Waals surface area contributed by atoms with E-state index < -0.39 is 0 Å². The molecule has 0 saturated carbocycles. The highest BCUT2D eigenvalue weighted by Crippen LogP contribution is 2.14. The van der Waals surface area contributed by atoms with Crippen molar-refractivity contribution >= 4 is 17.1 Å². The Morgan fingerprint density at radius 1 is 1.29 bits per heavy atom. The van der Waals surface area contributed by atoms with Gasteiger partial charge in [0.05, 0.1) is 30.7 Å². The molecule has 0 radical (unpaired) electrons. The van der Waals surface area contributed by atoms with Gasteiger partial charge < -0.3 is 14.2 Å². The molecule has 0 atom stereocenters. The van der Waals surface area contributed by atoms with E-state index in [1.165, 1.54) is 0 Å². The van der Waals surface area contributed by atoms with Crippen LogP contribution in [0, 0.1) is 0 Å². The number of ether oxygens (including phenoxy) is 1. The van der Waals surface area contributed by atoms with Gasteiger partial charge in [-0.1, -0.05) is 6.07 Å². The van der Waals surface area contributed by atoms with E-state index in [1.54, 1.807) is 36.8 Å². The second-order valence-corrected chi connectivity index (χ2v) is 5.46. The molecule has 3 rings (SSSR count). The van der Waals surface area contributed by atoms with E-state index in [0.29, 0.717) is 30.8 Å². The van der Waals surface area contributed by atoms with Crippen molar-refractivity contribution in [2.75, 3.05) is 20.3 Å². The second-order valence-electron chi connectivity index (χ2n) is 5.46. The molecule has 24 heavy (non-hydrogen) atoms. The van der Waals surface area contributed by atoms with E-state index in [1.807, 2.05) is 29.8 Å². The van der Waals surface area contributed by atoms with Gasteiger partial charge in [0, 0.05) is 33.1 Å². The zero-order chi connectivity index (χ0) is 16.9.